The normalized spacial score (nSPS) is 20.4. The first kappa shape index (κ1) is 18.2. The van der Waals surface area contributed by atoms with E-state index in [1.807, 2.05) is 55.5 Å². The summed E-state index contributed by atoms with van der Waals surface area (Å²) in [6.07, 6.45) is 0. The molecule has 0 saturated heterocycles. The van der Waals surface area contributed by atoms with Crippen molar-refractivity contribution in [3.63, 3.8) is 0 Å². The molecule has 2 aromatic carbocycles. The lowest BCUT2D eigenvalue weighted by Crippen LogP contribution is -2.35. The van der Waals surface area contributed by atoms with E-state index in [0.717, 1.165) is 11.1 Å². The van der Waals surface area contributed by atoms with Crippen LogP contribution in [0.1, 0.15) is 41.3 Å². The van der Waals surface area contributed by atoms with Crippen LogP contribution in [0.3, 0.4) is 0 Å². The molecule has 1 aliphatic carbocycles. The summed E-state index contributed by atoms with van der Waals surface area (Å²) in [5, 5.41) is 0. The van der Waals surface area contributed by atoms with Crippen LogP contribution < -0.4 is 4.74 Å². The smallest absolute Gasteiger partial charge is 0.315 e. The number of nitrogens with zero attached hydrogens (tertiary/aromatic N) is 1. The Hall–Kier alpha value is -3.21. The zero-order valence-electron chi connectivity index (χ0n) is 16.1. The van der Waals surface area contributed by atoms with Crippen molar-refractivity contribution in [1.29, 1.82) is 0 Å². The summed E-state index contributed by atoms with van der Waals surface area (Å²) in [7, 11) is 1.59. The van der Waals surface area contributed by atoms with Crippen molar-refractivity contribution in [2.75, 3.05) is 13.7 Å². The predicted octanol–water partition coefficient (Wildman–Crippen LogP) is 4.04. The highest BCUT2D eigenvalue weighted by molar-refractivity contribution is 6.24. The van der Waals surface area contributed by atoms with E-state index in [1.165, 1.54) is 0 Å². The molecule has 28 heavy (non-hydrogen) atoms. The molecule has 0 fully saturated rings. The van der Waals surface area contributed by atoms with E-state index in [2.05, 4.69) is 4.99 Å². The van der Waals surface area contributed by atoms with Gasteiger partial charge in [-0.15, -0.1) is 0 Å². The summed E-state index contributed by atoms with van der Waals surface area (Å²) in [6, 6.07) is 14.9. The number of ketones is 1. The molecule has 2 atom stereocenters. The van der Waals surface area contributed by atoms with Crippen LogP contribution >= 0.6 is 0 Å². The summed E-state index contributed by atoms with van der Waals surface area (Å²) >= 11 is 0. The molecule has 0 radical (unpaired) electrons. The number of hydrogen-bond acceptors (Lipinski definition) is 5. The lowest BCUT2D eigenvalue weighted by atomic mass is 9.75. The van der Waals surface area contributed by atoms with Gasteiger partial charge in [-0.05, 0) is 31.5 Å². The van der Waals surface area contributed by atoms with Crippen LogP contribution in [0.25, 0.3) is 5.70 Å². The van der Waals surface area contributed by atoms with Crippen LogP contribution in [-0.4, -0.2) is 31.2 Å². The summed E-state index contributed by atoms with van der Waals surface area (Å²) in [5.41, 5.74) is 4.14. The van der Waals surface area contributed by atoms with Gasteiger partial charge in [0.15, 0.2) is 5.78 Å². The lowest BCUT2D eigenvalue weighted by molar-refractivity contribution is -0.146. The molecular formula is C23H21NO4. The quantitative estimate of drug-likeness (QED) is 0.757. The average Bonchev–Trinajstić information content (AvgIpc) is 2.99. The zero-order chi connectivity index (χ0) is 19.8. The Balaban J connectivity index is 1.93. The largest absolute Gasteiger partial charge is 0.497 e. The molecule has 5 nitrogen and oxygen atoms in total. The van der Waals surface area contributed by atoms with Crippen molar-refractivity contribution in [1.82, 2.24) is 0 Å². The third-order valence-corrected chi connectivity index (χ3v) is 5.30. The van der Waals surface area contributed by atoms with E-state index < -0.39 is 11.8 Å². The maximum absolute atomic E-state index is 13.3. The Labute approximate surface area is 163 Å². The fourth-order valence-corrected chi connectivity index (χ4v) is 4.08. The van der Waals surface area contributed by atoms with Crippen LogP contribution in [-0.2, 0) is 9.53 Å². The minimum absolute atomic E-state index is 0.0797. The SMILES string of the molecule is CCOC(=O)C1C(C)=NC2=C(C(=O)c3ccccc32)[C@@H]1c1cccc(OC)c1. The maximum Gasteiger partial charge on any atom is 0.315 e. The summed E-state index contributed by atoms with van der Waals surface area (Å²) < 4.78 is 10.7. The van der Waals surface area contributed by atoms with E-state index in [0.29, 0.717) is 28.3 Å². The second-order valence-corrected chi connectivity index (χ2v) is 6.87. The summed E-state index contributed by atoms with van der Waals surface area (Å²) in [4.78, 5) is 30.8. The molecule has 0 bridgehead atoms. The Morgan fingerprint density at radius 3 is 2.57 bits per heavy atom. The minimum Gasteiger partial charge on any atom is -0.497 e. The number of ether oxygens (including phenoxy) is 2. The van der Waals surface area contributed by atoms with E-state index in [9.17, 15) is 9.59 Å². The van der Waals surface area contributed by atoms with Gasteiger partial charge in [0.1, 0.15) is 11.7 Å². The van der Waals surface area contributed by atoms with E-state index in [1.54, 1.807) is 14.0 Å². The molecule has 4 rings (SSSR count). The average molecular weight is 375 g/mol. The molecule has 0 amide bonds. The Morgan fingerprint density at radius 1 is 1.11 bits per heavy atom. The first-order valence-corrected chi connectivity index (χ1v) is 9.30. The minimum atomic E-state index is -0.649. The molecular weight excluding hydrogens is 354 g/mol. The van der Waals surface area contributed by atoms with Gasteiger partial charge in [-0.25, -0.2) is 0 Å². The van der Waals surface area contributed by atoms with Gasteiger partial charge in [0.2, 0.25) is 0 Å². The molecule has 1 unspecified atom stereocenters. The Kier molecular flexibility index (Phi) is 4.59. The van der Waals surface area contributed by atoms with Gasteiger partial charge in [-0.1, -0.05) is 36.4 Å². The first-order chi connectivity index (χ1) is 13.6. The lowest BCUT2D eigenvalue weighted by Gasteiger charge is -2.30. The fraction of sp³-hybridized carbons (Fsp3) is 0.261. The van der Waals surface area contributed by atoms with Crippen molar-refractivity contribution in [2.24, 2.45) is 10.9 Å². The number of fused-ring (bicyclic) bond motifs is 2. The standard InChI is InChI=1S/C23H21NO4/c1-4-28-23(26)18-13(2)24-21-16-10-5-6-11-17(16)22(25)20(21)19(18)14-8-7-9-15(12-14)27-3/h5-12,18-19H,4H2,1-3H3/t18?,19-/m1/s1. The van der Waals surface area contributed by atoms with Gasteiger partial charge in [0, 0.05) is 28.3 Å². The number of carbonyl (C=O) groups excluding carboxylic acids is 2. The molecule has 0 N–H and O–H groups in total. The van der Waals surface area contributed by atoms with Crippen molar-refractivity contribution in [2.45, 2.75) is 19.8 Å². The molecule has 1 aliphatic heterocycles. The number of allylic oxidation sites excluding steroid dienone is 1. The molecule has 5 heteroatoms. The van der Waals surface area contributed by atoms with Crippen LogP contribution in [0.4, 0.5) is 0 Å². The fourth-order valence-electron chi connectivity index (χ4n) is 4.08. The monoisotopic (exact) mass is 375 g/mol. The zero-order valence-corrected chi connectivity index (χ0v) is 16.1. The summed E-state index contributed by atoms with van der Waals surface area (Å²) in [5.74, 6) is -0.896. The predicted molar refractivity (Wildman–Crippen MR) is 107 cm³/mol. The van der Waals surface area contributed by atoms with Gasteiger partial charge < -0.3 is 9.47 Å². The van der Waals surface area contributed by atoms with E-state index in [-0.39, 0.29) is 18.4 Å². The van der Waals surface area contributed by atoms with Gasteiger partial charge in [-0.2, -0.15) is 0 Å². The van der Waals surface area contributed by atoms with Crippen molar-refractivity contribution >= 4 is 23.2 Å². The Bertz CT molecular complexity index is 1030. The number of carbonyl (C=O) groups is 2. The third kappa shape index (κ3) is 2.74. The van der Waals surface area contributed by atoms with E-state index in [4.69, 9.17) is 9.47 Å². The maximum atomic E-state index is 13.3. The van der Waals surface area contributed by atoms with Gasteiger partial charge >= 0.3 is 5.97 Å². The molecule has 2 aliphatic rings. The highest BCUT2D eigenvalue weighted by Crippen LogP contribution is 2.48. The first-order valence-electron chi connectivity index (χ1n) is 9.30. The second-order valence-electron chi connectivity index (χ2n) is 6.87. The number of methoxy groups -OCH3 is 1. The number of rotatable bonds is 4. The van der Waals surface area contributed by atoms with Crippen LogP contribution in [0.15, 0.2) is 59.1 Å². The molecule has 0 aromatic heterocycles. The number of aliphatic imine (C=N–C) groups is 1. The van der Waals surface area contributed by atoms with Gasteiger partial charge in [0.25, 0.3) is 0 Å². The molecule has 0 spiro atoms. The Morgan fingerprint density at radius 2 is 1.86 bits per heavy atom. The van der Waals surface area contributed by atoms with Gasteiger partial charge in [0.05, 0.1) is 19.4 Å². The highest BCUT2D eigenvalue weighted by atomic mass is 16.5. The van der Waals surface area contributed by atoms with Crippen LogP contribution in [0.2, 0.25) is 0 Å². The molecule has 142 valence electrons. The molecule has 1 heterocycles. The number of hydrogen-bond donors (Lipinski definition) is 0. The number of Topliss-reactive ketones (excluding diaryl/α,β-unsaturated/α-hetero) is 1. The number of esters is 1. The van der Waals surface area contributed by atoms with Crippen molar-refractivity contribution in [3.05, 3.63) is 70.8 Å². The van der Waals surface area contributed by atoms with Crippen LogP contribution in [0, 0.1) is 5.92 Å². The molecule has 0 saturated carbocycles. The third-order valence-electron chi connectivity index (χ3n) is 5.30. The number of benzene rings is 2. The van der Waals surface area contributed by atoms with E-state index >= 15 is 0 Å². The second kappa shape index (κ2) is 7.08. The van der Waals surface area contributed by atoms with Crippen molar-refractivity contribution in [3.8, 4) is 5.75 Å². The van der Waals surface area contributed by atoms with Crippen LogP contribution in [0.5, 0.6) is 5.75 Å². The summed E-state index contributed by atoms with van der Waals surface area (Å²) in [6.45, 7) is 3.87. The highest BCUT2D eigenvalue weighted by Gasteiger charge is 2.46. The van der Waals surface area contributed by atoms with Gasteiger partial charge in [-0.3, -0.25) is 14.6 Å². The topological polar surface area (TPSA) is 65.0 Å². The molecule has 2 aromatic rings. The van der Waals surface area contributed by atoms with Crippen molar-refractivity contribution < 1.29 is 19.1 Å².